The summed E-state index contributed by atoms with van der Waals surface area (Å²) >= 11 is 0. The van der Waals surface area contributed by atoms with Crippen LogP contribution in [0, 0.1) is 5.21 Å². The van der Waals surface area contributed by atoms with E-state index in [0.717, 1.165) is 10.6 Å². The Morgan fingerprint density at radius 2 is 2.07 bits per heavy atom. The fourth-order valence-electron chi connectivity index (χ4n) is 1.48. The van der Waals surface area contributed by atoms with Gasteiger partial charge in [0.05, 0.1) is 12.6 Å². The van der Waals surface area contributed by atoms with Crippen molar-refractivity contribution < 1.29 is 9.53 Å². The quantitative estimate of drug-likeness (QED) is 0.625. The molecule has 1 aliphatic rings. The first-order valence-corrected chi connectivity index (χ1v) is 4.42. The molecule has 0 unspecified atom stereocenters. The average molecular weight is 192 g/mol. The second-order valence-corrected chi connectivity index (χ2v) is 3.18. The molecular weight excluding hydrogens is 182 g/mol. The number of benzene rings is 1. The van der Waals surface area contributed by atoms with Gasteiger partial charge >= 0.3 is 5.97 Å². The smallest absolute Gasteiger partial charge is 0.319 e. The highest BCUT2D eigenvalue weighted by Crippen LogP contribution is 2.22. The van der Waals surface area contributed by atoms with Crippen molar-refractivity contribution in [2.24, 2.45) is 0 Å². The third kappa shape index (κ3) is 1.76. The van der Waals surface area contributed by atoms with Crippen molar-refractivity contribution in [2.45, 2.75) is 6.04 Å². The molecule has 2 rings (SSSR count). The number of ether oxygens (including phenoxy) is 1. The number of carbonyl (C=O) groups is 1. The minimum atomic E-state index is -0.452. The molecule has 1 atom stereocenters. The van der Waals surface area contributed by atoms with Crippen molar-refractivity contribution in [2.75, 3.05) is 13.2 Å². The van der Waals surface area contributed by atoms with Crippen LogP contribution in [-0.4, -0.2) is 24.2 Å². The van der Waals surface area contributed by atoms with Crippen molar-refractivity contribution in [1.29, 1.82) is 0 Å². The summed E-state index contributed by atoms with van der Waals surface area (Å²) in [6, 6.07) is 8.96. The van der Waals surface area contributed by atoms with Crippen LogP contribution < -0.4 is 0 Å². The molecule has 0 bridgehead atoms. The lowest BCUT2D eigenvalue weighted by Crippen LogP contribution is -2.38. The van der Waals surface area contributed by atoms with Crippen LogP contribution in [0.15, 0.2) is 30.3 Å². The minimum absolute atomic E-state index is 0.145. The van der Waals surface area contributed by atoms with Crippen LogP contribution in [0.4, 0.5) is 0 Å². The summed E-state index contributed by atoms with van der Waals surface area (Å²) in [5, 5.41) is 12.2. The van der Waals surface area contributed by atoms with Crippen LogP contribution in [0.2, 0.25) is 0 Å². The maximum absolute atomic E-state index is 11.4. The zero-order valence-corrected chi connectivity index (χ0v) is 7.55. The fraction of sp³-hybridized carbons (Fsp3) is 0.300. The normalized spacial score (nSPS) is 23.2. The molecule has 4 heteroatoms. The van der Waals surface area contributed by atoms with Gasteiger partial charge in [-0.05, 0) is 5.56 Å². The molecule has 0 spiro atoms. The molecule has 1 fully saturated rings. The Balaban J connectivity index is 2.16. The summed E-state index contributed by atoms with van der Waals surface area (Å²) in [5.74, 6) is -0.452. The molecule has 1 aliphatic heterocycles. The Hall–Kier alpha value is -1.39. The molecule has 1 aromatic rings. The van der Waals surface area contributed by atoms with Gasteiger partial charge in [-0.15, -0.1) is 0 Å². The first kappa shape index (κ1) is 9.18. The van der Waals surface area contributed by atoms with Gasteiger partial charge in [-0.3, -0.25) is 4.79 Å². The van der Waals surface area contributed by atoms with Crippen LogP contribution in [0.5, 0.6) is 0 Å². The highest BCUT2D eigenvalue weighted by Gasteiger charge is 2.22. The predicted molar refractivity (Wildman–Crippen MR) is 50.2 cm³/mol. The minimum Gasteiger partial charge on any atom is -0.784 e. The molecule has 14 heavy (non-hydrogen) atoms. The highest BCUT2D eigenvalue weighted by molar-refractivity contribution is 5.72. The number of hydroxylamine groups is 2. The van der Waals surface area contributed by atoms with Crippen LogP contribution >= 0.6 is 0 Å². The summed E-state index contributed by atoms with van der Waals surface area (Å²) in [6.45, 7) is -0.0358. The SMILES string of the molecule is O=C1CN([O-])[C@H](c2ccccc2)CO1. The standard InChI is InChI=1S/C10H10NO3/c12-10-6-11(13)9(7-14-10)8-4-2-1-3-5-8/h1-5,9H,6-7H2/q-1/t9-/m0/s1. The number of cyclic esters (lactones) is 1. The van der Waals surface area contributed by atoms with Gasteiger partial charge in [-0.1, -0.05) is 30.3 Å². The number of hydrogen-bond donors (Lipinski definition) is 0. The lowest BCUT2D eigenvalue weighted by atomic mass is 10.1. The zero-order valence-electron chi connectivity index (χ0n) is 7.55. The second-order valence-electron chi connectivity index (χ2n) is 3.18. The van der Waals surface area contributed by atoms with Crippen molar-refractivity contribution >= 4 is 5.97 Å². The van der Waals surface area contributed by atoms with E-state index in [1.54, 1.807) is 0 Å². The third-order valence-electron chi connectivity index (χ3n) is 2.22. The first-order valence-electron chi connectivity index (χ1n) is 4.42. The molecule has 4 nitrogen and oxygen atoms in total. The predicted octanol–water partition coefficient (Wildman–Crippen LogP) is 1.08. The summed E-state index contributed by atoms with van der Waals surface area (Å²) in [5.41, 5.74) is 0.884. The van der Waals surface area contributed by atoms with Crippen LogP contribution in [0.3, 0.4) is 0 Å². The van der Waals surface area contributed by atoms with Crippen molar-refractivity contribution in [1.82, 2.24) is 5.06 Å². The van der Waals surface area contributed by atoms with Gasteiger partial charge in [0.1, 0.15) is 6.61 Å². The summed E-state index contributed by atoms with van der Waals surface area (Å²) in [4.78, 5) is 10.8. The number of nitrogens with zero attached hydrogens (tertiary/aromatic N) is 1. The monoisotopic (exact) mass is 192 g/mol. The van der Waals surface area contributed by atoms with Crippen molar-refractivity contribution in [3.8, 4) is 0 Å². The summed E-state index contributed by atoms with van der Waals surface area (Å²) in [6.07, 6.45) is 0. The lowest BCUT2D eigenvalue weighted by Gasteiger charge is -2.39. The number of hydrogen-bond acceptors (Lipinski definition) is 4. The van der Waals surface area contributed by atoms with Crippen LogP contribution in [0.25, 0.3) is 0 Å². The fourth-order valence-corrected chi connectivity index (χ4v) is 1.48. The molecule has 1 heterocycles. The Labute approximate surface area is 81.7 Å². The molecule has 0 aliphatic carbocycles. The Kier molecular flexibility index (Phi) is 2.47. The second kappa shape index (κ2) is 3.77. The van der Waals surface area contributed by atoms with E-state index < -0.39 is 5.97 Å². The molecule has 0 amide bonds. The summed E-state index contributed by atoms with van der Waals surface area (Å²) < 4.78 is 4.83. The van der Waals surface area contributed by atoms with E-state index in [1.165, 1.54) is 0 Å². The van der Waals surface area contributed by atoms with Gasteiger partial charge in [-0.25, -0.2) is 0 Å². The van der Waals surface area contributed by atoms with Gasteiger partial charge < -0.3 is 15.0 Å². The number of morpholine rings is 1. The molecule has 0 radical (unpaired) electrons. The van der Waals surface area contributed by atoms with Gasteiger partial charge in [0.15, 0.2) is 0 Å². The zero-order chi connectivity index (χ0) is 9.97. The molecular formula is C10H10NO3-. The van der Waals surface area contributed by atoms with E-state index in [4.69, 9.17) is 4.74 Å². The Bertz CT molecular complexity index is 325. The Morgan fingerprint density at radius 3 is 2.71 bits per heavy atom. The van der Waals surface area contributed by atoms with Crippen LogP contribution in [-0.2, 0) is 9.53 Å². The number of esters is 1. The van der Waals surface area contributed by atoms with Gasteiger partial charge in [0.25, 0.3) is 0 Å². The third-order valence-corrected chi connectivity index (χ3v) is 2.22. The molecule has 1 aromatic carbocycles. The highest BCUT2D eigenvalue weighted by atomic mass is 16.6. The van der Waals surface area contributed by atoms with Crippen LogP contribution in [0.1, 0.15) is 11.6 Å². The number of carbonyl (C=O) groups excluding carboxylic acids is 1. The van der Waals surface area contributed by atoms with Crippen molar-refractivity contribution in [3.63, 3.8) is 0 Å². The van der Waals surface area contributed by atoms with Crippen molar-refractivity contribution in [3.05, 3.63) is 41.1 Å². The molecule has 0 saturated carbocycles. The lowest BCUT2D eigenvalue weighted by molar-refractivity contribution is -0.152. The topological polar surface area (TPSA) is 52.6 Å². The van der Waals surface area contributed by atoms with Gasteiger partial charge in [0.2, 0.25) is 0 Å². The maximum Gasteiger partial charge on any atom is 0.319 e. The van der Waals surface area contributed by atoms with Gasteiger partial charge in [-0.2, -0.15) is 0 Å². The molecule has 74 valence electrons. The van der Waals surface area contributed by atoms with E-state index >= 15 is 0 Å². The number of rotatable bonds is 1. The molecule has 0 N–H and O–H groups in total. The largest absolute Gasteiger partial charge is 0.784 e. The van der Waals surface area contributed by atoms with E-state index in [9.17, 15) is 10.0 Å². The molecule has 0 aromatic heterocycles. The molecule has 1 saturated heterocycles. The average Bonchev–Trinajstić information content (AvgIpc) is 2.19. The van der Waals surface area contributed by atoms with E-state index in [-0.39, 0.29) is 19.2 Å². The first-order chi connectivity index (χ1) is 6.77. The van der Waals surface area contributed by atoms with E-state index in [2.05, 4.69) is 0 Å². The Morgan fingerprint density at radius 1 is 1.36 bits per heavy atom. The summed E-state index contributed by atoms with van der Waals surface area (Å²) in [7, 11) is 0. The van der Waals surface area contributed by atoms with E-state index in [1.807, 2.05) is 30.3 Å². The maximum atomic E-state index is 11.4. The van der Waals surface area contributed by atoms with Gasteiger partial charge in [0, 0.05) is 0 Å². The van der Waals surface area contributed by atoms with E-state index in [0.29, 0.717) is 0 Å².